The number of ether oxygens (including phenoxy) is 1. The molecule has 0 bridgehead atoms. The highest BCUT2D eigenvalue weighted by atomic mass is 35.5. The van der Waals surface area contributed by atoms with Gasteiger partial charge >= 0.3 is 0 Å². The van der Waals surface area contributed by atoms with Gasteiger partial charge < -0.3 is 15.2 Å². The van der Waals surface area contributed by atoms with Gasteiger partial charge in [-0.25, -0.2) is 0 Å². The van der Waals surface area contributed by atoms with E-state index < -0.39 is 21.8 Å². The van der Waals surface area contributed by atoms with E-state index in [1.54, 1.807) is 61.5 Å². The Labute approximate surface area is 218 Å². The van der Waals surface area contributed by atoms with Crippen LogP contribution in [0.25, 0.3) is 10.8 Å². The topological polar surface area (TPSA) is 138 Å². The fraction of sp³-hybridized carbons (Fsp3) is 0.115. The van der Waals surface area contributed by atoms with Crippen LogP contribution in [0.2, 0.25) is 5.02 Å². The van der Waals surface area contributed by atoms with Crippen molar-refractivity contribution < 1.29 is 27.6 Å². The maximum absolute atomic E-state index is 13.1. The lowest BCUT2D eigenvalue weighted by Gasteiger charge is -2.12. The van der Waals surface area contributed by atoms with Crippen molar-refractivity contribution in [2.75, 3.05) is 12.4 Å². The molecule has 190 valence electrons. The van der Waals surface area contributed by atoms with Crippen molar-refractivity contribution in [3.05, 3.63) is 82.9 Å². The Balaban J connectivity index is 1.79. The number of hydrogen-bond acceptors (Lipinski definition) is 7. The van der Waals surface area contributed by atoms with Gasteiger partial charge in [0.05, 0.1) is 22.6 Å². The fourth-order valence-corrected chi connectivity index (χ4v) is 5.02. The molecule has 0 radical (unpaired) electrons. The quantitative estimate of drug-likeness (QED) is 0.177. The second-order valence-electron chi connectivity index (χ2n) is 7.93. The Kier molecular flexibility index (Phi) is 7.44. The van der Waals surface area contributed by atoms with Gasteiger partial charge in [0.25, 0.3) is 16.0 Å². The lowest BCUT2D eigenvalue weighted by atomic mass is 10.0. The minimum Gasteiger partial charge on any atom is -0.505 e. The number of fused-ring (bicyclic) bond motifs is 1. The summed E-state index contributed by atoms with van der Waals surface area (Å²) in [7, 11) is -2.97. The van der Waals surface area contributed by atoms with Gasteiger partial charge in [0, 0.05) is 17.1 Å². The summed E-state index contributed by atoms with van der Waals surface area (Å²) in [6.45, 7) is 1.68. The molecule has 0 aliphatic rings. The van der Waals surface area contributed by atoms with Crippen LogP contribution >= 0.6 is 11.6 Å². The number of hydrogen-bond donors (Lipinski definition) is 3. The number of benzene rings is 4. The number of halogens is 1. The number of aromatic hydroxyl groups is 1. The third kappa shape index (κ3) is 5.41. The average molecular weight is 540 g/mol. The lowest BCUT2D eigenvalue weighted by Crippen LogP contribution is -2.12. The minimum atomic E-state index is -4.48. The summed E-state index contributed by atoms with van der Waals surface area (Å²) in [6, 6.07) is 17.8. The number of carbonyl (C=O) groups is 1. The van der Waals surface area contributed by atoms with Crippen molar-refractivity contribution in [2.45, 2.75) is 18.2 Å². The minimum absolute atomic E-state index is 0.00269. The predicted octanol–water partition coefficient (Wildman–Crippen LogP) is 6.68. The number of phenols is 1. The monoisotopic (exact) mass is 539 g/mol. The maximum Gasteiger partial charge on any atom is 0.294 e. The second kappa shape index (κ2) is 10.6. The number of phenolic OH excluding ortho intramolecular Hbond substituents is 1. The van der Waals surface area contributed by atoms with Crippen LogP contribution in [0, 0.1) is 0 Å². The number of amides is 1. The molecule has 0 aromatic heterocycles. The Bertz CT molecular complexity index is 1650. The summed E-state index contributed by atoms with van der Waals surface area (Å²) in [6.07, 6.45) is 0.214. The van der Waals surface area contributed by atoms with Gasteiger partial charge in [0.2, 0.25) is 0 Å². The first-order valence-electron chi connectivity index (χ1n) is 11.0. The van der Waals surface area contributed by atoms with E-state index in [9.17, 15) is 22.9 Å². The molecule has 0 aliphatic heterocycles. The predicted molar refractivity (Wildman–Crippen MR) is 141 cm³/mol. The van der Waals surface area contributed by atoms with Crippen LogP contribution in [0.4, 0.5) is 17.1 Å². The Morgan fingerprint density at radius 2 is 1.81 bits per heavy atom. The molecule has 3 N–H and O–H groups in total. The van der Waals surface area contributed by atoms with Gasteiger partial charge in [-0.1, -0.05) is 48.9 Å². The van der Waals surface area contributed by atoms with Crippen LogP contribution < -0.4 is 10.1 Å². The molecule has 0 unspecified atom stereocenters. The molecule has 4 rings (SSSR count). The molecule has 0 fully saturated rings. The zero-order valence-corrected chi connectivity index (χ0v) is 21.3. The van der Waals surface area contributed by atoms with E-state index >= 15 is 0 Å². The van der Waals surface area contributed by atoms with E-state index in [4.69, 9.17) is 16.3 Å². The summed E-state index contributed by atoms with van der Waals surface area (Å²) < 4.78 is 38.0. The molecular formula is C26H22ClN3O6S. The Morgan fingerprint density at radius 3 is 2.51 bits per heavy atom. The largest absolute Gasteiger partial charge is 0.505 e. The van der Waals surface area contributed by atoms with Crippen LogP contribution in [0.15, 0.2) is 81.9 Å². The molecule has 1 amide bonds. The highest BCUT2D eigenvalue weighted by Gasteiger charge is 2.21. The molecule has 0 saturated carbocycles. The number of methoxy groups -OCH3 is 1. The average Bonchev–Trinajstić information content (AvgIpc) is 2.87. The maximum atomic E-state index is 13.1. The van der Waals surface area contributed by atoms with Crippen molar-refractivity contribution in [1.29, 1.82) is 0 Å². The number of rotatable bonds is 7. The highest BCUT2D eigenvalue weighted by Crippen LogP contribution is 2.41. The molecule has 9 nitrogen and oxygen atoms in total. The smallest absolute Gasteiger partial charge is 0.294 e. The lowest BCUT2D eigenvalue weighted by molar-refractivity contribution is 0.102. The van der Waals surface area contributed by atoms with Crippen molar-refractivity contribution in [3.63, 3.8) is 0 Å². The third-order valence-electron chi connectivity index (χ3n) is 5.64. The number of nitrogens with zero attached hydrogens (tertiary/aromatic N) is 2. The molecule has 0 saturated heterocycles. The number of azo groups is 1. The summed E-state index contributed by atoms with van der Waals surface area (Å²) in [4.78, 5) is 12.8. The molecule has 11 heteroatoms. The summed E-state index contributed by atoms with van der Waals surface area (Å²) in [5.41, 5.74) is 0.777. The van der Waals surface area contributed by atoms with Gasteiger partial charge in [0.15, 0.2) is 5.75 Å². The Hall–Kier alpha value is -3.99. The first kappa shape index (κ1) is 26.1. The molecule has 4 aromatic carbocycles. The molecule has 0 atom stereocenters. The molecule has 0 heterocycles. The van der Waals surface area contributed by atoms with Gasteiger partial charge in [-0.2, -0.15) is 8.42 Å². The SMILES string of the molecule is CCc1c(S(=O)(=O)O)ccc(N=Nc2c(O)c(C(=O)Nc3cccc(OC)c3)cc3ccccc23)c1Cl. The van der Waals surface area contributed by atoms with E-state index in [1.807, 2.05) is 0 Å². The molecule has 4 aromatic rings. The van der Waals surface area contributed by atoms with Crippen LogP contribution in [-0.4, -0.2) is 31.1 Å². The van der Waals surface area contributed by atoms with Crippen LogP contribution in [0.1, 0.15) is 22.8 Å². The first-order chi connectivity index (χ1) is 17.6. The Morgan fingerprint density at radius 1 is 1.05 bits per heavy atom. The standard InChI is InChI=1S/C26H22ClN3O6S/c1-3-18-22(37(33,34)35)12-11-21(23(18)27)29-30-24-19-10-5-4-7-15(19)13-20(25(24)31)26(32)28-16-8-6-9-17(14-16)36-2/h4-14,31H,3H2,1-2H3,(H,28,32)(H,33,34,35). The van der Waals surface area contributed by atoms with E-state index in [0.29, 0.717) is 22.2 Å². The zero-order chi connectivity index (χ0) is 26.7. The van der Waals surface area contributed by atoms with Crippen molar-refractivity contribution in [1.82, 2.24) is 0 Å². The van der Waals surface area contributed by atoms with Gasteiger partial charge in [0.1, 0.15) is 17.1 Å². The van der Waals surface area contributed by atoms with E-state index in [0.717, 1.165) is 0 Å². The normalized spacial score (nSPS) is 11.7. The molecule has 37 heavy (non-hydrogen) atoms. The van der Waals surface area contributed by atoms with Crippen LogP contribution in [-0.2, 0) is 16.5 Å². The second-order valence-corrected chi connectivity index (χ2v) is 9.70. The van der Waals surface area contributed by atoms with Gasteiger partial charge in [-0.15, -0.1) is 10.2 Å². The van der Waals surface area contributed by atoms with Gasteiger partial charge in [-0.3, -0.25) is 9.35 Å². The fourth-order valence-electron chi connectivity index (χ4n) is 3.83. The summed E-state index contributed by atoms with van der Waals surface area (Å²) in [5.74, 6) is -0.417. The van der Waals surface area contributed by atoms with Crippen molar-refractivity contribution in [2.24, 2.45) is 10.2 Å². The number of carbonyl (C=O) groups excluding carboxylic acids is 1. The van der Waals surface area contributed by atoms with Crippen molar-refractivity contribution in [3.8, 4) is 11.5 Å². The van der Waals surface area contributed by atoms with Gasteiger partial charge in [-0.05, 0) is 47.7 Å². The summed E-state index contributed by atoms with van der Waals surface area (Å²) in [5, 5.41) is 23.3. The molecule has 0 aliphatic carbocycles. The molecular weight excluding hydrogens is 518 g/mol. The zero-order valence-electron chi connectivity index (χ0n) is 19.8. The van der Waals surface area contributed by atoms with Crippen LogP contribution in [0.5, 0.6) is 11.5 Å². The number of nitrogens with one attached hydrogen (secondary N) is 1. The van der Waals surface area contributed by atoms with E-state index in [2.05, 4.69) is 15.5 Å². The van der Waals surface area contributed by atoms with E-state index in [1.165, 1.54) is 19.2 Å². The first-order valence-corrected chi connectivity index (χ1v) is 12.9. The van der Waals surface area contributed by atoms with Crippen molar-refractivity contribution >= 4 is 55.5 Å². The van der Waals surface area contributed by atoms with E-state index in [-0.39, 0.29) is 38.8 Å². The third-order valence-corrected chi connectivity index (χ3v) is 7.00. The number of anilines is 1. The molecule has 0 spiro atoms. The summed E-state index contributed by atoms with van der Waals surface area (Å²) >= 11 is 6.37. The van der Waals surface area contributed by atoms with Crippen LogP contribution in [0.3, 0.4) is 0 Å². The highest BCUT2D eigenvalue weighted by molar-refractivity contribution is 7.85.